The molecule has 1 aliphatic rings. The molecule has 2 atom stereocenters. The van der Waals surface area contributed by atoms with Crippen LogP contribution in [-0.4, -0.2) is 37.0 Å². The van der Waals surface area contributed by atoms with E-state index in [4.69, 9.17) is 16.3 Å². The van der Waals surface area contributed by atoms with E-state index in [1.54, 1.807) is 4.90 Å². The van der Waals surface area contributed by atoms with Crippen molar-refractivity contribution in [3.8, 4) is 0 Å². The Bertz CT molecular complexity index is 756. The molecule has 150 valence electrons. The second-order valence-corrected chi connectivity index (χ2v) is 7.63. The van der Waals surface area contributed by atoms with E-state index in [1.165, 1.54) is 5.56 Å². The number of likely N-dealkylation sites (N-methyl/N-ethyl adjacent to an activating group) is 1. The van der Waals surface area contributed by atoms with Crippen LogP contribution in [0.15, 0.2) is 54.6 Å². The number of amides is 1. The van der Waals surface area contributed by atoms with Crippen molar-refractivity contribution in [3.63, 3.8) is 0 Å². The minimum absolute atomic E-state index is 0.00767. The van der Waals surface area contributed by atoms with Crippen LogP contribution in [0.3, 0.4) is 0 Å². The van der Waals surface area contributed by atoms with Gasteiger partial charge in [-0.2, -0.15) is 0 Å². The molecule has 0 bridgehead atoms. The Kier molecular flexibility index (Phi) is 7.86. The van der Waals surface area contributed by atoms with Gasteiger partial charge in [-0.05, 0) is 36.5 Å². The van der Waals surface area contributed by atoms with Gasteiger partial charge >= 0.3 is 0 Å². The Morgan fingerprint density at radius 3 is 2.68 bits per heavy atom. The average molecular weight is 402 g/mol. The summed E-state index contributed by atoms with van der Waals surface area (Å²) < 4.78 is 5.53. The van der Waals surface area contributed by atoms with Crippen molar-refractivity contribution in [3.05, 3.63) is 70.7 Å². The van der Waals surface area contributed by atoms with Crippen LogP contribution >= 0.6 is 11.6 Å². The minimum Gasteiger partial charge on any atom is -0.367 e. The predicted octanol–water partition coefficient (Wildman–Crippen LogP) is 3.70. The highest BCUT2D eigenvalue weighted by molar-refractivity contribution is 6.31. The lowest BCUT2D eigenvalue weighted by Crippen LogP contribution is -2.33. The third kappa shape index (κ3) is 6.04. The van der Waals surface area contributed by atoms with E-state index in [9.17, 15) is 4.79 Å². The number of benzene rings is 2. The van der Waals surface area contributed by atoms with Crippen LogP contribution < -0.4 is 10.9 Å². The molecule has 1 saturated heterocycles. The average Bonchev–Trinajstić information content (AvgIpc) is 3.19. The van der Waals surface area contributed by atoms with E-state index in [0.29, 0.717) is 23.7 Å². The summed E-state index contributed by atoms with van der Waals surface area (Å²) in [6.07, 6.45) is 3.03. The van der Waals surface area contributed by atoms with Gasteiger partial charge in [-0.25, -0.2) is 0 Å². The van der Waals surface area contributed by atoms with E-state index in [-0.39, 0.29) is 12.5 Å². The number of hydrogen-bond acceptors (Lipinski definition) is 4. The zero-order valence-corrected chi connectivity index (χ0v) is 17.0. The summed E-state index contributed by atoms with van der Waals surface area (Å²) in [6.45, 7) is 1.14. The van der Waals surface area contributed by atoms with Crippen LogP contribution in [0.2, 0.25) is 5.02 Å². The first-order valence-electron chi connectivity index (χ1n) is 9.74. The maximum atomic E-state index is 12.2. The van der Waals surface area contributed by atoms with Crippen molar-refractivity contribution in [2.24, 2.45) is 0 Å². The number of hydrogen-bond donors (Lipinski definition) is 2. The Balaban J connectivity index is 1.31. The maximum Gasteiger partial charge on any atom is 0.248 e. The van der Waals surface area contributed by atoms with Gasteiger partial charge in [-0.1, -0.05) is 60.1 Å². The number of ether oxygens (including phenoxy) is 1. The summed E-state index contributed by atoms with van der Waals surface area (Å²) in [6, 6.07) is 18.8. The van der Waals surface area contributed by atoms with Crippen molar-refractivity contribution < 1.29 is 9.53 Å². The molecule has 1 fully saturated rings. The van der Waals surface area contributed by atoms with Gasteiger partial charge in [0.05, 0.1) is 6.61 Å². The number of hydrazine groups is 1. The van der Waals surface area contributed by atoms with E-state index >= 15 is 0 Å². The molecule has 0 spiro atoms. The molecule has 2 N–H and O–H groups in total. The molecule has 0 saturated carbocycles. The van der Waals surface area contributed by atoms with Gasteiger partial charge in [0.15, 0.2) is 0 Å². The van der Waals surface area contributed by atoms with Crippen molar-refractivity contribution in [2.75, 3.05) is 20.2 Å². The van der Waals surface area contributed by atoms with Gasteiger partial charge in [0.25, 0.3) is 0 Å². The first kappa shape index (κ1) is 20.8. The molecule has 3 rings (SSSR count). The van der Waals surface area contributed by atoms with Crippen LogP contribution in [0.25, 0.3) is 0 Å². The van der Waals surface area contributed by atoms with E-state index in [0.717, 1.165) is 31.4 Å². The van der Waals surface area contributed by atoms with Crippen molar-refractivity contribution in [1.29, 1.82) is 0 Å². The Morgan fingerprint density at radius 1 is 1.14 bits per heavy atom. The molecule has 1 aliphatic heterocycles. The first-order chi connectivity index (χ1) is 13.6. The number of carbonyl (C=O) groups is 1. The molecule has 0 aliphatic carbocycles. The van der Waals surface area contributed by atoms with Crippen molar-refractivity contribution >= 4 is 17.5 Å². The molecular formula is C22H28ClN3O2. The van der Waals surface area contributed by atoms with Crippen LogP contribution in [-0.2, 0) is 16.1 Å². The zero-order valence-electron chi connectivity index (χ0n) is 16.2. The summed E-state index contributed by atoms with van der Waals surface area (Å²) in [4.78, 5) is 14.0. The Hall–Kier alpha value is -1.92. The number of halogens is 1. The fourth-order valence-electron chi connectivity index (χ4n) is 3.39. The van der Waals surface area contributed by atoms with Crippen LogP contribution in [0.1, 0.15) is 36.4 Å². The predicted molar refractivity (Wildman–Crippen MR) is 112 cm³/mol. The summed E-state index contributed by atoms with van der Waals surface area (Å²) >= 11 is 6.10. The second-order valence-electron chi connectivity index (χ2n) is 7.23. The number of rotatable bonds is 9. The Labute approximate surface area is 172 Å². The molecular weight excluding hydrogens is 374 g/mol. The maximum absolute atomic E-state index is 12.2. The number of carbonyl (C=O) groups excluding carboxylic acids is 1. The summed E-state index contributed by atoms with van der Waals surface area (Å²) in [5, 5.41) is 0.662. The monoisotopic (exact) mass is 401 g/mol. The lowest BCUT2D eigenvalue weighted by molar-refractivity contribution is -0.135. The number of nitrogens with one attached hydrogen (secondary N) is 2. The van der Waals surface area contributed by atoms with Gasteiger partial charge in [-0.15, -0.1) is 0 Å². The highest BCUT2D eigenvalue weighted by Crippen LogP contribution is 2.23. The fraction of sp³-hybridized carbons (Fsp3) is 0.409. The second kappa shape index (κ2) is 10.6. The highest BCUT2D eigenvalue weighted by Gasteiger charge is 2.24. The fourth-order valence-corrected chi connectivity index (χ4v) is 3.58. The van der Waals surface area contributed by atoms with Gasteiger partial charge in [0.1, 0.15) is 6.61 Å². The molecule has 2 aromatic rings. The van der Waals surface area contributed by atoms with Crippen molar-refractivity contribution in [1.82, 2.24) is 15.8 Å². The highest BCUT2D eigenvalue weighted by atomic mass is 35.5. The van der Waals surface area contributed by atoms with Gasteiger partial charge in [0, 0.05) is 30.7 Å². The van der Waals surface area contributed by atoms with Crippen LogP contribution in [0.4, 0.5) is 0 Å². The van der Waals surface area contributed by atoms with Gasteiger partial charge < -0.3 is 9.64 Å². The first-order valence-corrected chi connectivity index (χ1v) is 10.1. The summed E-state index contributed by atoms with van der Waals surface area (Å²) in [5.41, 5.74) is 8.95. The zero-order chi connectivity index (χ0) is 19.8. The number of nitrogens with zero attached hydrogens (tertiary/aromatic N) is 1. The molecule has 1 heterocycles. The largest absolute Gasteiger partial charge is 0.367 e. The van der Waals surface area contributed by atoms with E-state index < -0.39 is 0 Å². The lowest BCUT2D eigenvalue weighted by atomic mass is 10.00. The lowest BCUT2D eigenvalue weighted by Gasteiger charge is -2.18. The molecule has 28 heavy (non-hydrogen) atoms. The summed E-state index contributed by atoms with van der Waals surface area (Å²) in [5.74, 6) is -0.00767. The SMILES string of the molecule is CN(CCCC1CC(c2ccccc2)NN1)C(=O)COCc1ccccc1Cl. The third-order valence-electron chi connectivity index (χ3n) is 5.10. The Morgan fingerprint density at radius 2 is 1.89 bits per heavy atom. The smallest absolute Gasteiger partial charge is 0.248 e. The quantitative estimate of drug-likeness (QED) is 0.672. The van der Waals surface area contributed by atoms with Crippen LogP contribution in [0, 0.1) is 0 Å². The molecule has 0 radical (unpaired) electrons. The standard InChI is InChI=1S/C22H28ClN3O2/c1-26(22(27)16-28-15-18-10-5-6-12-20(18)23)13-7-11-19-14-21(25-24-19)17-8-3-2-4-9-17/h2-6,8-10,12,19,21,24-25H,7,11,13-16H2,1H3. The van der Waals surface area contributed by atoms with E-state index in [1.807, 2.05) is 37.4 Å². The topological polar surface area (TPSA) is 53.6 Å². The third-order valence-corrected chi connectivity index (χ3v) is 5.47. The molecule has 2 aromatic carbocycles. The molecule has 0 aromatic heterocycles. The van der Waals surface area contributed by atoms with Crippen LogP contribution in [0.5, 0.6) is 0 Å². The van der Waals surface area contributed by atoms with Gasteiger partial charge in [-0.3, -0.25) is 15.6 Å². The molecule has 6 heteroatoms. The van der Waals surface area contributed by atoms with Crippen molar-refractivity contribution in [2.45, 2.75) is 38.0 Å². The molecule has 2 unspecified atom stereocenters. The van der Waals surface area contributed by atoms with Gasteiger partial charge in [0.2, 0.25) is 5.91 Å². The molecule has 5 nitrogen and oxygen atoms in total. The summed E-state index contributed by atoms with van der Waals surface area (Å²) in [7, 11) is 1.83. The normalized spacial score (nSPS) is 18.9. The van der Waals surface area contributed by atoms with E-state index in [2.05, 4.69) is 35.1 Å². The minimum atomic E-state index is -0.00767. The molecule has 1 amide bonds.